The van der Waals surface area contributed by atoms with E-state index >= 15 is 0 Å². The molecule has 2 aliphatic heterocycles. The van der Waals surface area contributed by atoms with Crippen LogP contribution in [0.25, 0.3) is 0 Å². The number of amides is 2. The molecule has 0 aromatic heterocycles. The quantitative estimate of drug-likeness (QED) is 0.803. The highest BCUT2D eigenvalue weighted by Crippen LogP contribution is 2.48. The second-order valence-electron chi connectivity index (χ2n) is 4.92. The van der Waals surface area contributed by atoms with E-state index in [2.05, 4.69) is 11.6 Å². The van der Waals surface area contributed by atoms with E-state index < -0.39 is 22.7 Å². The predicted octanol–water partition coefficient (Wildman–Crippen LogP) is 1.02. The van der Waals surface area contributed by atoms with Crippen LogP contribution in [-0.4, -0.2) is 33.9 Å². The van der Waals surface area contributed by atoms with Crippen LogP contribution in [0.1, 0.15) is 5.56 Å². The third-order valence-electron chi connectivity index (χ3n) is 3.61. The van der Waals surface area contributed by atoms with E-state index in [0.29, 0.717) is 10.7 Å². The number of benzene rings is 1. The smallest absolute Gasteiger partial charge is 0.265 e. The molecule has 0 saturated carbocycles. The third-order valence-corrected chi connectivity index (χ3v) is 4.95. The molecule has 0 bridgehead atoms. The van der Waals surface area contributed by atoms with E-state index in [4.69, 9.17) is 17.3 Å². The van der Waals surface area contributed by atoms with Crippen LogP contribution in [0.5, 0.6) is 0 Å². The van der Waals surface area contributed by atoms with Gasteiger partial charge in [0.25, 0.3) is 11.8 Å². The van der Waals surface area contributed by atoms with Gasteiger partial charge in [-0.25, -0.2) is 0 Å². The number of nitrogens with zero attached hydrogens (tertiary/aromatic N) is 2. The van der Waals surface area contributed by atoms with Crippen molar-refractivity contribution in [3.8, 4) is 0 Å². The molecular weight excluding hydrogens is 326 g/mol. The minimum Gasteiger partial charge on any atom is -0.378 e. The molecule has 2 unspecified atom stereocenters. The fourth-order valence-corrected chi connectivity index (χ4v) is 3.78. The molecule has 0 spiro atoms. The van der Waals surface area contributed by atoms with Crippen molar-refractivity contribution in [1.82, 2.24) is 0 Å². The van der Waals surface area contributed by atoms with Crippen molar-refractivity contribution in [3.05, 3.63) is 41.4 Å². The first-order chi connectivity index (χ1) is 10.4. The molecule has 0 fully saturated rings. The molecule has 3 N–H and O–H groups in total. The van der Waals surface area contributed by atoms with Gasteiger partial charge in [0.05, 0.1) is 5.69 Å². The minimum atomic E-state index is -2.05. The molecule has 22 heavy (non-hydrogen) atoms. The SMILES string of the molecule is C=CCN1C(=O)C(O)(C2SC(N)=NC2=O)c2cc(Cl)ccc21. The zero-order valence-corrected chi connectivity index (χ0v) is 12.9. The van der Waals surface area contributed by atoms with Gasteiger partial charge >= 0.3 is 0 Å². The number of carbonyl (C=O) groups excluding carboxylic acids is 2. The van der Waals surface area contributed by atoms with Crippen molar-refractivity contribution < 1.29 is 14.7 Å². The highest BCUT2D eigenvalue weighted by atomic mass is 35.5. The summed E-state index contributed by atoms with van der Waals surface area (Å²) >= 11 is 6.86. The Bertz CT molecular complexity index is 736. The van der Waals surface area contributed by atoms with Gasteiger partial charge in [0.1, 0.15) is 5.25 Å². The molecule has 8 heteroatoms. The normalized spacial score (nSPS) is 27.1. The molecule has 2 heterocycles. The molecule has 2 aliphatic rings. The highest BCUT2D eigenvalue weighted by Gasteiger charge is 2.59. The number of thioether (sulfide) groups is 1. The molecule has 114 valence electrons. The summed E-state index contributed by atoms with van der Waals surface area (Å²) in [4.78, 5) is 29.7. The summed E-state index contributed by atoms with van der Waals surface area (Å²) < 4.78 is 0. The van der Waals surface area contributed by atoms with E-state index in [1.54, 1.807) is 12.1 Å². The van der Waals surface area contributed by atoms with E-state index in [1.807, 2.05) is 0 Å². The maximum Gasteiger partial charge on any atom is 0.265 e. The van der Waals surface area contributed by atoms with Crippen LogP contribution in [0.2, 0.25) is 5.02 Å². The van der Waals surface area contributed by atoms with Gasteiger partial charge in [0.2, 0.25) is 0 Å². The summed E-state index contributed by atoms with van der Waals surface area (Å²) in [6.07, 6.45) is 1.54. The fraction of sp³-hybridized carbons (Fsp3) is 0.214. The molecule has 0 radical (unpaired) electrons. The number of hydrogen-bond donors (Lipinski definition) is 2. The van der Waals surface area contributed by atoms with Crippen molar-refractivity contribution in [3.63, 3.8) is 0 Å². The summed E-state index contributed by atoms with van der Waals surface area (Å²) in [6, 6.07) is 4.73. The maximum atomic E-state index is 12.8. The monoisotopic (exact) mass is 337 g/mol. The van der Waals surface area contributed by atoms with Gasteiger partial charge in [-0.3, -0.25) is 9.59 Å². The standard InChI is InChI=1S/C14H12ClN3O3S/c1-2-5-18-9-4-3-7(15)6-8(9)14(21,12(18)20)10-11(19)17-13(16)22-10/h2-4,6,10,21H,1,5H2,(H2,16,17,19). The first kappa shape index (κ1) is 15.1. The second-order valence-corrected chi connectivity index (χ2v) is 6.48. The van der Waals surface area contributed by atoms with Gasteiger partial charge in [0, 0.05) is 17.1 Å². The molecule has 3 rings (SSSR count). The van der Waals surface area contributed by atoms with Gasteiger partial charge < -0.3 is 15.7 Å². The Kier molecular flexibility index (Phi) is 3.51. The van der Waals surface area contributed by atoms with Crippen LogP contribution >= 0.6 is 23.4 Å². The Hall–Kier alpha value is -1.83. The van der Waals surface area contributed by atoms with Gasteiger partial charge in [-0.1, -0.05) is 29.4 Å². The maximum absolute atomic E-state index is 12.8. The summed E-state index contributed by atoms with van der Waals surface area (Å²) in [7, 11) is 0. The Labute approximate surface area is 135 Å². The van der Waals surface area contributed by atoms with Crippen LogP contribution in [-0.2, 0) is 15.2 Å². The summed E-state index contributed by atoms with van der Waals surface area (Å²) in [5.74, 6) is -1.25. The summed E-state index contributed by atoms with van der Waals surface area (Å²) in [5, 5.41) is 10.3. The van der Waals surface area contributed by atoms with Crippen molar-refractivity contribution >= 4 is 46.0 Å². The lowest BCUT2D eigenvalue weighted by atomic mass is 9.91. The number of fused-ring (bicyclic) bond motifs is 1. The van der Waals surface area contributed by atoms with Crippen LogP contribution in [0.15, 0.2) is 35.8 Å². The third kappa shape index (κ3) is 1.97. The van der Waals surface area contributed by atoms with Crippen molar-refractivity contribution in [2.24, 2.45) is 10.7 Å². The molecule has 6 nitrogen and oxygen atoms in total. The van der Waals surface area contributed by atoms with E-state index in [9.17, 15) is 14.7 Å². The molecule has 1 aromatic rings. The number of nitrogens with two attached hydrogens (primary N) is 1. The number of carbonyl (C=O) groups is 2. The number of aliphatic hydroxyl groups is 1. The average molecular weight is 338 g/mol. The van der Waals surface area contributed by atoms with Crippen molar-refractivity contribution in [1.29, 1.82) is 0 Å². The zero-order valence-electron chi connectivity index (χ0n) is 11.3. The highest BCUT2D eigenvalue weighted by molar-refractivity contribution is 8.15. The fourth-order valence-electron chi connectivity index (χ4n) is 2.67. The Morgan fingerprint density at radius 3 is 2.86 bits per heavy atom. The summed E-state index contributed by atoms with van der Waals surface area (Å²) in [6.45, 7) is 3.81. The largest absolute Gasteiger partial charge is 0.378 e. The lowest BCUT2D eigenvalue weighted by Gasteiger charge is -2.26. The van der Waals surface area contributed by atoms with E-state index in [1.165, 1.54) is 17.0 Å². The Balaban J connectivity index is 2.16. The number of halogens is 1. The van der Waals surface area contributed by atoms with Crippen molar-refractivity contribution in [2.75, 3.05) is 11.4 Å². The topological polar surface area (TPSA) is 96.0 Å². The summed E-state index contributed by atoms with van der Waals surface area (Å²) in [5.41, 5.74) is 4.27. The number of rotatable bonds is 3. The van der Waals surface area contributed by atoms with Crippen LogP contribution < -0.4 is 10.6 Å². The minimum absolute atomic E-state index is 0.0296. The molecular formula is C14H12ClN3O3S. The van der Waals surface area contributed by atoms with Gasteiger partial charge in [-0.15, -0.1) is 6.58 Å². The Morgan fingerprint density at radius 1 is 1.55 bits per heavy atom. The zero-order chi connectivity index (χ0) is 16.1. The van der Waals surface area contributed by atoms with Crippen molar-refractivity contribution in [2.45, 2.75) is 10.9 Å². The first-order valence-corrected chi connectivity index (χ1v) is 7.65. The van der Waals surface area contributed by atoms with E-state index in [-0.39, 0.29) is 17.3 Å². The number of anilines is 1. The Morgan fingerprint density at radius 2 is 2.27 bits per heavy atom. The molecule has 2 amide bonds. The average Bonchev–Trinajstić information content (AvgIpc) is 2.91. The molecule has 0 aliphatic carbocycles. The molecule has 2 atom stereocenters. The second kappa shape index (κ2) is 5.12. The molecule has 0 saturated heterocycles. The predicted molar refractivity (Wildman–Crippen MR) is 85.9 cm³/mol. The van der Waals surface area contributed by atoms with Crippen LogP contribution in [0, 0.1) is 0 Å². The lowest BCUT2D eigenvalue weighted by Crippen LogP contribution is -2.49. The van der Waals surface area contributed by atoms with Crippen LogP contribution in [0.3, 0.4) is 0 Å². The molecule has 1 aromatic carbocycles. The number of amidine groups is 1. The number of aliphatic imine (C=N–C) groups is 1. The lowest BCUT2D eigenvalue weighted by molar-refractivity contribution is -0.140. The van der Waals surface area contributed by atoms with Gasteiger partial charge in [-0.05, 0) is 18.2 Å². The van der Waals surface area contributed by atoms with Gasteiger partial charge in [-0.2, -0.15) is 4.99 Å². The van der Waals surface area contributed by atoms with E-state index in [0.717, 1.165) is 11.8 Å². The number of hydrogen-bond acceptors (Lipinski definition) is 5. The first-order valence-electron chi connectivity index (χ1n) is 6.39. The van der Waals surface area contributed by atoms with Crippen LogP contribution in [0.4, 0.5) is 5.69 Å². The van der Waals surface area contributed by atoms with Gasteiger partial charge in [0.15, 0.2) is 10.8 Å².